The van der Waals surface area contributed by atoms with Crippen LogP contribution in [0.3, 0.4) is 0 Å². The lowest BCUT2D eigenvalue weighted by Gasteiger charge is -2.37. The SMILES string of the molecule is N=C(Cc1ccc(N2CCC3(CCN(S(=O)(=O)c4ccccc4Cl)CC3)C2=O)cc1)NO. The van der Waals surface area contributed by atoms with Crippen LogP contribution in [0.5, 0.6) is 0 Å². The highest BCUT2D eigenvalue weighted by Crippen LogP contribution is 2.44. The van der Waals surface area contributed by atoms with E-state index in [1.807, 2.05) is 29.7 Å². The maximum Gasteiger partial charge on any atom is 0.244 e. The van der Waals surface area contributed by atoms with E-state index in [2.05, 4.69) is 0 Å². The highest BCUT2D eigenvalue weighted by Gasteiger charge is 2.50. The molecule has 0 aromatic heterocycles. The van der Waals surface area contributed by atoms with Crippen LogP contribution < -0.4 is 10.4 Å². The van der Waals surface area contributed by atoms with Gasteiger partial charge in [0.25, 0.3) is 0 Å². The zero-order chi connectivity index (χ0) is 22.9. The van der Waals surface area contributed by atoms with E-state index in [0.29, 0.717) is 25.8 Å². The molecule has 170 valence electrons. The van der Waals surface area contributed by atoms with Crippen LogP contribution in [0.15, 0.2) is 53.4 Å². The van der Waals surface area contributed by atoms with Gasteiger partial charge in [-0.15, -0.1) is 0 Å². The zero-order valence-corrected chi connectivity index (χ0v) is 19.0. The third-order valence-corrected chi connectivity index (χ3v) is 8.81. The van der Waals surface area contributed by atoms with E-state index in [4.69, 9.17) is 22.2 Å². The molecule has 0 radical (unpaired) electrons. The van der Waals surface area contributed by atoms with E-state index in [9.17, 15) is 13.2 Å². The first-order valence-corrected chi connectivity index (χ1v) is 12.2. The Kier molecular flexibility index (Phi) is 6.26. The molecular formula is C22H25ClN4O4S. The molecule has 1 spiro atoms. The van der Waals surface area contributed by atoms with Crippen molar-refractivity contribution in [3.8, 4) is 0 Å². The number of anilines is 1. The summed E-state index contributed by atoms with van der Waals surface area (Å²) in [6.45, 7) is 1.15. The fourth-order valence-corrected chi connectivity index (χ4v) is 6.45. The van der Waals surface area contributed by atoms with Crippen LogP contribution >= 0.6 is 11.6 Å². The maximum atomic E-state index is 13.3. The van der Waals surface area contributed by atoms with Crippen LogP contribution in [0.1, 0.15) is 24.8 Å². The van der Waals surface area contributed by atoms with E-state index in [1.54, 1.807) is 23.1 Å². The molecule has 2 fully saturated rings. The highest BCUT2D eigenvalue weighted by atomic mass is 35.5. The summed E-state index contributed by atoms with van der Waals surface area (Å²) in [5.41, 5.74) is 2.90. The summed E-state index contributed by atoms with van der Waals surface area (Å²) in [5, 5.41) is 16.5. The number of piperidine rings is 1. The van der Waals surface area contributed by atoms with Gasteiger partial charge in [-0.2, -0.15) is 4.31 Å². The highest BCUT2D eigenvalue weighted by molar-refractivity contribution is 7.89. The predicted octanol–water partition coefficient (Wildman–Crippen LogP) is 3.05. The first-order valence-electron chi connectivity index (χ1n) is 10.4. The Bertz CT molecular complexity index is 1130. The molecule has 2 saturated heterocycles. The van der Waals surface area contributed by atoms with Gasteiger partial charge in [0.05, 0.1) is 10.4 Å². The van der Waals surface area contributed by atoms with Gasteiger partial charge < -0.3 is 4.90 Å². The third-order valence-electron chi connectivity index (χ3n) is 6.41. The van der Waals surface area contributed by atoms with Crippen molar-refractivity contribution in [2.24, 2.45) is 5.41 Å². The number of amidine groups is 1. The number of nitrogens with zero attached hydrogens (tertiary/aromatic N) is 2. The van der Waals surface area contributed by atoms with Crippen LogP contribution in [0.2, 0.25) is 5.02 Å². The van der Waals surface area contributed by atoms with Gasteiger partial charge in [0.1, 0.15) is 10.7 Å². The molecule has 2 aliphatic heterocycles. The Labute approximate surface area is 192 Å². The number of hydroxylamine groups is 1. The molecule has 2 aromatic rings. The van der Waals surface area contributed by atoms with E-state index >= 15 is 0 Å². The molecule has 0 bridgehead atoms. The second kappa shape index (κ2) is 8.82. The Morgan fingerprint density at radius 2 is 1.69 bits per heavy atom. The monoisotopic (exact) mass is 476 g/mol. The van der Waals surface area contributed by atoms with Gasteiger partial charge in [-0.05, 0) is 49.1 Å². The molecule has 0 saturated carbocycles. The minimum Gasteiger partial charge on any atom is -0.312 e. The van der Waals surface area contributed by atoms with Crippen molar-refractivity contribution in [2.75, 3.05) is 24.5 Å². The molecule has 32 heavy (non-hydrogen) atoms. The summed E-state index contributed by atoms with van der Waals surface area (Å²) in [6, 6.07) is 13.8. The van der Waals surface area contributed by atoms with Crippen molar-refractivity contribution in [1.29, 1.82) is 5.41 Å². The van der Waals surface area contributed by atoms with Crippen molar-refractivity contribution in [2.45, 2.75) is 30.6 Å². The quantitative estimate of drug-likeness (QED) is 0.348. The second-order valence-electron chi connectivity index (χ2n) is 8.26. The molecule has 3 N–H and O–H groups in total. The molecular weight excluding hydrogens is 452 g/mol. The van der Waals surface area contributed by atoms with E-state index in [1.165, 1.54) is 10.4 Å². The Hall–Kier alpha value is -2.46. The lowest BCUT2D eigenvalue weighted by atomic mass is 9.77. The number of nitrogens with one attached hydrogen (secondary N) is 2. The van der Waals surface area contributed by atoms with Crippen LogP contribution in [0.4, 0.5) is 5.69 Å². The minimum atomic E-state index is -3.70. The lowest BCUT2D eigenvalue weighted by Crippen LogP contribution is -2.46. The van der Waals surface area contributed by atoms with Crippen molar-refractivity contribution in [1.82, 2.24) is 9.79 Å². The average molecular weight is 477 g/mol. The van der Waals surface area contributed by atoms with Crippen molar-refractivity contribution in [3.63, 3.8) is 0 Å². The normalized spacial score (nSPS) is 18.8. The summed E-state index contributed by atoms with van der Waals surface area (Å²) in [7, 11) is -3.70. The molecule has 0 unspecified atom stereocenters. The number of rotatable bonds is 5. The minimum absolute atomic E-state index is 0.00699. The van der Waals surface area contributed by atoms with Gasteiger partial charge in [-0.25, -0.2) is 8.42 Å². The molecule has 2 aromatic carbocycles. The number of carbonyl (C=O) groups is 1. The molecule has 4 rings (SSSR count). The summed E-state index contributed by atoms with van der Waals surface area (Å²) in [4.78, 5) is 15.2. The average Bonchev–Trinajstić information content (AvgIpc) is 3.10. The fourth-order valence-electron chi connectivity index (χ4n) is 4.52. The van der Waals surface area contributed by atoms with Gasteiger partial charge in [-0.3, -0.25) is 20.9 Å². The van der Waals surface area contributed by atoms with Gasteiger partial charge in [0.15, 0.2) is 0 Å². The Morgan fingerprint density at radius 1 is 1.06 bits per heavy atom. The number of benzene rings is 2. The van der Waals surface area contributed by atoms with Crippen molar-refractivity contribution < 1.29 is 18.4 Å². The van der Waals surface area contributed by atoms with Gasteiger partial charge in [-0.1, -0.05) is 35.9 Å². The Morgan fingerprint density at radius 3 is 2.31 bits per heavy atom. The van der Waals surface area contributed by atoms with Crippen molar-refractivity contribution in [3.05, 3.63) is 59.1 Å². The molecule has 8 nitrogen and oxygen atoms in total. The van der Waals surface area contributed by atoms with E-state index in [-0.39, 0.29) is 41.2 Å². The maximum absolute atomic E-state index is 13.3. The Balaban J connectivity index is 1.44. The second-order valence-corrected chi connectivity index (χ2v) is 10.6. The summed E-state index contributed by atoms with van der Waals surface area (Å²) >= 11 is 6.11. The first-order chi connectivity index (χ1) is 15.3. The molecule has 1 amide bonds. The van der Waals surface area contributed by atoms with Crippen LogP contribution in [0.25, 0.3) is 0 Å². The van der Waals surface area contributed by atoms with Gasteiger partial charge in [0.2, 0.25) is 15.9 Å². The molecule has 2 heterocycles. The predicted molar refractivity (Wildman–Crippen MR) is 122 cm³/mol. The standard InChI is InChI=1S/C22H25ClN4O4S/c23-18-3-1-2-4-19(18)32(30,31)26-12-9-22(10-13-26)11-14-27(21(22)28)17-7-5-16(6-8-17)15-20(24)25-29/h1-8,29H,9-15H2,(H2,24,25). The molecule has 10 heteroatoms. The number of halogens is 1. The lowest BCUT2D eigenvalue weighted by molar-refractivity contribution is -0.127. The number of amides is 1. The van der Waals surface area contributed by atoms with E-state index < -0.39 is 15.4 Å². The first kappa shape index (κ1) is 22.7. The van der Waals surface area contributed by atoms with Gasteiger partial charge >= 0.3 is 0 Å². The van der Waals surface area contributed by atoms with Crippen LogP contribution in [-0.4, -0.2) is 49.3 Å². The summed E-state index contributed by atoms with van der Waals surface area (Å²) in [6.07, 6.45) is 1.91. The fraction of sp³-hybridized carbons (Fsp3) is 0.364. The molecule has 0 atom stereocenters. The zero-order valence-electron chi connectivity index (χ0n) is 17.4. The van der Waals surface area contributed by atoms with Crippen LogP contribution in [0, 0.1) is 10.8 Å². The number of hydrogen-bond donors (Lipinski definition) is 3. The third kappa shape index (κ3) is 4.13. The summed E-state index contributed by atoms with van der Waals surface area (Å²) < 4.78 is 27.5. The topological polar surface area (TPSA) is 114 Å². The number of carbonyl (C=O) groups excluding carboxylic acids is 1. The smallest absolute Gasteiger partial charge is 0.244 e. The van der Waals surface area contributed by atoms with Gasteiger partial charge in [0, 0.05) is 31.7 Å². The van der Waals surface area contributed by atoms with Crippen LogP contribution in [-0.2, 0) is 21.2 Å². The van der Waals surface area contributed by atoms with Crippen molar-refractivity contribution >= 4 is 39.1 Å². The van der Waals surface area contributed by atoms with E-state index in [0.717, 1.165) is 11.3 Å². The number of hydrogen-bond acceptors (Lipinski definition) is 5. The molecule has 2 aliphatic rings. The largest absolute Gasteiger partial charge is 0.312 e. The molecule has 0 aliphatic carbocycles. The number of sulfonamides is 1. The summed E-state index contributed by atoms with van der Waals surface area (Å²) in [5.74, 6) is 0.0252.